The summed E-state index contributed by atoms with van der Waals surface area (Å²) in [7, 11) is -1.97. The Bertz CT molecular complexity index is 751. The van der Waals surface area contributed by atoms with E-state index in [1.165, 1.54) is 11.8 Å². The lowest BCUT2D eigenvalue weighted by atomic mass is 9.93. The zero-order chi connectivity index (χ0) is 14.3. The molecule has 1 unspecified atom stereocenters. The third kappa shape index (κ3) is 2.30. The second-order valence-electron chi connectivity index (χ2n) is 5.03. The van der Waals surface area contributed by atoms with Crippen LogP contribution in [0.5, 0.6) is 0 Å². The van der Waals surface area contributed by atoms with Gasteiger partial charge in [0.15, 0.2) is 5.03 Å². The van der Waals surface area contributed by atoms with Crippen LogP contribution in [0.1, 0.15) is 17.3 Å². The summed E-state index contributed by atoms with van der Waals surface area (Å²) in [5.41, 5.74) is 2.34. The normalized spacial score (nSPS) is 18.4. The van der Waals surface area contributed by atoms with Crippen LogP contribution in [0.2, 0.25) is 0 Å². The Labute approximate surface area is 117 Å². The van der Waals surface area contributed by atoms with Crippen molar-refractivity contribution >= 4 is 15.7 Å². The lowest BCUT2D eigenvalue weighted by Crippen LogP contribution is -2.23. The summed E-state index contributed by atoms with van der Waals surface area (Å²) in [4.78, 5) is 4.19. The number of rotatable bonds is 2. The van der Waals surface area contributed by atoms with Gasteiger partial charge in [0.05, 0.1) is 0 Å². The fraction of sp³-hybridized carbons (Fsp3) is 0.308. The van der Waals surface area contributed by atoms with Crippen molar-refractivity contribution in [2.45, 2.75) is 17.4 Å². The number of hydrogen-bond donors (Lipinski definition) is 2. The first-order chi connectivity index (χ1) is 9.45. The van der Waals surface area contributed by atoms with Gasteiger partial charge in [0.1, 0.15) is 5.82 Å². The summed E-state index contributed by atoms with van der Waals surface area (Å²) >= 11 is 0. The summed E-state index contributed by atoms with van der Waals surface area (Å²) in [5.74, 6) is 0.862. The summed E-state index contributed by atoms with van der Waals surface area (Å²) in [6, 6.07) is 8.10. The number of imidazole rings is 1. The van der Waals surface area contributed by atoms with Crippen LogP contribution < -0.4 is 10.5 Å². The molecule has 0 spiro atoms. The number of fused-ring (bicyclic) bond motifs is 1. The average molecular weight is 292 g/mol. The van der Waals surface area contributed by atoms with Crippen molar-refractivity contribution in [3.05, 3.63) is 41.9 Å². The van der Waals surface area contributed by atoms with Gasteiger partial charge in [-0.05, 0) is 18.1 Å². The predicted octanol–water partition coefficient (Wildman–Crippen LogP) is 0.819. The van der Waals surface area contributed by atoms with E-state index in [0.29, 0.717) is 0 Å². The van der Waals surface area contributed by atoms with E-state index in [9.17, 15) is 8.42 Å². The molecule has 0 saturated carbocycles. The highest BCUT2D eigenvalue weighted by molar-refractivity contribution is 7.89. The lowest BCUT2D eigenvalue weighted by Gasteiger charge is -2.25. The first kappa shape index (κ1) is 13.1. The Morgan fingerprint density at radius 2 is 2.15 bits per heavy atom. The van der Waals surface area contributed by atoms with E-state index >= 15 is 0 Å². The number of nitrogens with two attached hydrogens (primary N) is 1. The summed E-state index contributed by atoms with van der Waals surface area (Å²) in [5, 5.41) is 8.40. The van der Waals surface area contributed by atoms with E-state index in [-0.39, 0.29) is 10.9 Å². The maximum absolute atomic E-state index is 11.4. The van der Waals surface area contributed by atoms with Crippen molar-refractivity contribution in [1.29, 1.82) is 0 Å². The minimum atomic E-state index is -3.76. The largest absolute Gasteiger partial charge is 0.384 e. The molecule has 0 fully saturated rings. The van der Waals surface area contributed by atoms with Gasteiger partial charge < -0.3 is 9.88 Å². The van der Waals surface area contributed by atoms with Crippen LogP contribution in [-0.4, -0.2) is 24.5 Å². The third-order valence-electron chi connectivity index (χ3n) is 3.57. The van der Waals surface area contributed by atoms with Gasteiger partial charge in [0, 0.05) is 31.4 Å². The number of benzene rings is 1. The highest BCUT2D eigenvalue weighted by atomic mass is 32.2. The van der Waals surface area contributed by atoms with Crippen LogP contribution in [0.25, 0.3) is 0 Å². The van der Waals surface area contributed by atoms with Crippen LogP contribution in [-0.2, 0) is 23.5 Å². The fourth-order valence-electron chi connectivity index (χ4n) is 2.59. The molecule has 0 radical (unpaired) electrons. The zero-order valence-corrected chi connectivity index (χ0v) is 11.9. The van der Waals surface area contributed by atoms with E-state index in [1.54, 1.807) is 11.6 Å². The van der Waals surface area contributed by atoms with Gasteiger partial charge in [-0.2, -0.15) is 0 Å². The van der Waals surface area contributed by atoms with Crippen LogP contribution in [0.15, 0.2) is 35.5 Å². The zero-order valence-electron chi connectivity index (χ0n) is 11.1. The fourth-order valence-corrected chi connectivity index (χ4v) is 3.12. The molecule has 1 aromatic heterocycles. The number of hydrogen-bond acceptors (Lipinski definition) is 4. The quantitative estimate of drug-likeness (QED) is 0.857. The number of aryl methyl sites for hydroxylation is 1. The van der Waals surface area contributed by atoms with Crippen LogP contribution in [0.3, 0.4) is 0 Å². The number of aromatic nitrogens is 2. The molecule has 7 heteroatoms. The van der Waals surface area contributed by atoms with E-state index in [0.717, 1.165) is 24.5 Å². The monoisotopic (exact) mass is 292 g/mol. The number of nitrogens with zero attached hydrogens (tertiary/aromatic N) is 2. The van der Waals surface area contributed by atoms with Crippen molar-refractivity contribution < 1.29 is 8.42 Å². The van der Waals surface area contributed by atoms with Crippen molar-refractivity contribution in [2.24, 2.45) is 12.2 Å². The SMILES string of the molecule is Cn1cc(S(N)(=O)=O)nc1C1CNc2ccccc2C1. The summed E-state index contributed by atoms with van der Waals surface area (Å²) in [6.45, 7) is 0.728. The molecule has 1 aromatic carbocycles. The van der Waals surface area contributed by atoms with Gasteiger partial charge in [-0.1, -0.05) is 18.2 Å². The molecule has 2 aromatic rings. The maximum atomic E-state index is 11.4. The van der Waals surface area contributed by atoms with Crippen LogP contribution >= 0.6 is 0 Å². The highest BCUT2D eigenvalue weighted by Gasteiger charge is 2.25. The van der Waals surface area contributed by atoms with Crippen molar-refractivity contribution in [3.8, 4) is 0 Å². The standard InChI is InChI=1S/C13H16N4O2S/c1-17-8-12(20(14,18)19)16-13(17)10-6-9-4-2-3-5-11(9)15-7-10/h2-5,8,10,15H,6-7H2,1H3,(H2,14,18,19). The summed E-state index contributed by atoms with van der Waals surface area (Å²) in [6.07, 6.45) is 2.29. The van der Waals surface area contributed by atoms with E-state index < -0.39 is 10.0 Å². The van der Waals surface area contributed by atoms with Gasteiger partial charge in [-0.25, -0.2) is 18.5 Å². The van der Waals surface area contributed by atoms with E-state index in [4.69, 9.17) is 5.14 Å². The molecule has 1 aliphatic heterocycles. The highest BCUT2D eigenvalue weighted by Crippen LogP contribution is 2.29. The van der Waals surface area contributed by atoms with Crippen molar-refractivity contribution in [2.75, 3.05) is 11.9 Å². The molecule has 20 heavy (non-hydrogen) atoms. The van der Waals surface area contributed by atoms with Crippen LogP contribution in [0, 0.1) is 0 Å². The van der Waals surface area contributed by atoms with Gasteiger partial charge in [0.2, 0.25) is 0 Å². The molecule has 0 amide bonds. The number of primary sulfonamides is 1. The molecular weight excluding hydrogens is 276 g/mol. The molecular formula is C13H16N4O2S. The molecule has 0 bridgehead atoms. The molecule has 0 aliphatic carbocycles. The van der Waals surface area contributed by atoms with Gasteiger partial charge in [0.25, 0.3) is 10.0 Å². The van der Waals surface area contributed by atoms with E-state index in [1.807, 2.05) is 18.2 Å². The Morgan fingerprint density at radius 3 is 2.85 bits per heavy atom. The smallest absolute Gasteiger partial charge is 0.257 e. The third-order valence-corrected chi connectivity index (χ3v) is 4.35. The van der Waals surface area contributed by atoms with Gasteiger partial charge >= 0.3 is 0 Å². The molecule has 106 valence electrons. The van der Waals surface area contributed by atoms with Crippen molar-refractivity contribution in [1.82, 2.24) is 9.55 Å². The number of anilines is 1. The molecule has 3 N–H and O–H groups in total. The maximum Gasteiger partial charge on any atom is 0.257 e. The minimum absolute atomic E-state index is 0.0751. The Morgan fingerprint density at radius 1 is 1.40 bits per heavy atom. The van der Waals surface area contributed by atoms with Gasteiger partial charge in [-0.15, -0.1) is 0 Å². The first-order valence-electron chi connectivity index (χ1n) is 6.33. The Balaban J connectivity index is 1.94. The number of para-hydroxylation sites is 1. The predicted molar refractivity (Wildman–Crippen MR) is 76.0 cm³/mol. The molecule has 1 aliphatic rings. The Hall–Kier alpha value is -1.86. The minimum Gasteiger partial charge on any atom is -0.384 e. The molecule has 1 atom stereocenters. The second kappa shape index (κ2) is 4.60. The summed E-state index contributed by atoms with van der Waals surface area (Å²) < 4.78 is 24.5. The van der Waals surface area contributed by atoms with E-state index in [2.05, 4.69) is 16.4 Å². The Kier molecular flexibility index (Phi) is 3.02. The van der Waals surface area contributed by atoms with Crippen molar-refractivity contribution in [3.63, 3.8) is 0 Å². The van der Waals surface area contributed by atoms with Crippen LogP contribution in [0.4, 0.5) is 5.69 Å². The first-order valence-corrected chi connectivity index (χ1v) is 7.87. The number of nitrogens with one attached hydrogen (secondary N) is 1. The van der Waals surface area contributed by atoms with Gasteiger partial charge in [-0.3, -0.25) is 0 Å². The molecule has 0 saturated heterocycles. The molecule has 2 heterocycles. The molecule has 3 rings (SSSR count). The molecule has 6 nitrogen and oxygen atoms in total. The number of sulfonamides is 1. The lowest BCUT2D eigenvalue weighted by molar-refractivity contribution is 0.592. The second-order valence-corrected chi connectivity index (χ2v) is 6.54. The average Bonchev–Trinajstić information content (AvgIpc) is 2.80. The topological polar surface area (TPSA) is 90.0 Å².